The average molecular weight is 346 g/mol. The predicted octanol–water partition coefficient (Wildman–Crippen LogP) is 5.35. The van der Waals surface area contributed by atoms with E-state index in [9.17, 15) is 0 Å². The van der Waals surface area contributed by atoms with E-state index >= 15 is 0 Å². The van der Waals surface area contributed by atoms with Gasteiger partial charge in [-0.3, -0.25) is 0 Å². The molecule has 0 bridgehead atoms. The Labute approximate surface area is 136 Å². The summed E-state index contributed by atoms with van der Waals surface area (Å²) < 4.78 is 1.19. The summed E-state index contributed by atoms with van der Waals surface area (Å²) in [4.78, 5) is 0. The summed E-state index contributed by atoms with van der Waals surface area (Å²) in [6.45, 7) is 7.51. The summed E-state index contributed by atoms with van der Waals surface area (Å²) in [7, 11) is 0. The van der Waals surface area contributed by atoms with Crippen molar-refractivity contribution in [1.29, 1.82) is 0 Å². The second kappa shape index (κ2) is 7.77. The van der Waals surface area contributed by atoms with E-state index in [4.69, 9.17) is 0 Å². The third kappa shape index (κ3) is 4.69. The maximum atomic E-state index is 3.67. The number of aryl methyl sites for hydroxylation is 2. The minimum atomic E-state index is 0.365. The maximum absolute atomic E-state index is 3.67. The lowest BCUT2D eigenvalue weighted by Gasteiger charge is -2.20. The lowest BCUT2D eigenvalue weighted by atomic mass is 9.97. The normalized spacial score (nSPS) is 12.4. The van der Waals surface area contributed by atoms with Crippen LogP contribution in [-0.2, 0) is 6.42 Å². The molecule has 0 radical (unpaired) electrons. The summed E-state index contributed by atoms with van der Waals surface area (Å²) >= 11 is 3.65. The van der Waals surface area contributed by atoms with Gasteiger partial charge in [0.2, 0.25) is 0 Å². The highest BCUT2D eigenvalue weighted by Crippen LogP contribution is 2.24. The number of halogens is 1. The summed E-state index contributed by atoms with van der Waals surface area (Å²) in [5.74, 6) is 0. The van der Waals surface area contributed by atoms with Gasteiger partial charge < -0.3 is 5.32 Å². The zero-order chi connectivity index (χ0) is 15.2. The topological polar surface area (TPSA) is 12.0 Å². The molecule has 2 heteroatoms. The summed E-state index contributed by atoms with van der Waals surface area (Å²) in [6.07, 6.45) is 2.17. The number of rotatable bonds is 6. The van der Waals surface area contributed by atoms with Crippen molar-refractivity contribution in [2.75, 3.05) is 6.54 Å². The zero-order valence-corrected chi connectivity index (χ0v) is 14.7. The number of hydrogen-bond donors (Lipinski definition) is 1. The van der Waals surface area contributed by atoms with E-state index in [1.165, 1.54) is 26.7 Å². The lowest BCUT2D eigenvalue weighted by Crippen LogP contribution is -2.24. The van der Waals surface area contributed by atoms with Gasteiger partial charge in [-0.2, -0.15) is 0 Å². The van der Waals surface area contributed by atoms with Gasteiger partial charge in [0, 0.05) is 10.5 Å². The van der Waals surface area contributed by atoms with Crippen molar-refractivity contribution in [3.05, 3.63) is 69.2 Å². The van der Waals surface area contributed by atoms with Gasteiger partial charge in [0.1, 0.15) is 0 Å². The fourth-order valence-corrected chi connectivity index (χ4v) is 2.81. The Bertz CT molecular complexity index is 575. The molecule has 0 heterocycles. The molecule has 0 aliphatic heterocycles. The van der Waals surface area contributed by atoms with Crippen LogP contribution < -0.4 is 5.32 Å². The zero-order valence-electron chi connectivity index (χ0n) is 13.1. The Kier molecular flexibility index (Phi) is 6.01. The van der Waals surface area contributed by atoms with Crippen LogP contribution in [0.2, 0.25) is 0 Å². The highest BCUT2D eigenvalue weighted by molar-refractivity contribution is 9.10. The van der Waals surface area contributed by atoms with Crippen molar-refractivity contribution in [1.82, 2.24) is 5.32 Å². The molecule has 0 amide bonds. The molecular formula is C19H24BrN. The van der Waals surface area contributed by atoms with E-state index in [1.807, 2.05) is 0 Å². The second-order valence-electron chi connectivity index (χ2n) is 5.71. The first kappa shape index (κ1) is 16.3. The van der Waals surface area contributed by atoms with Gasteiger partial charge in [0.05, 0.1) is 0 Å². The van der Waals surface area contributed by atoms with E-state index in [-0.39, 0.29) is 0 Å². The highest BCUT2D eigenvalue weighted by Gasteiger charge is 2.12. The van der Waals surface area contributed by atoms with Crippen LogP contribution in [0.3, 0.4) is 0 Å². The van der Waals surface area contributed by atoms with Crippen LogP contribution in [0, 0.1) is 13.8 Å². The molecule has 0 spiro atoms. The minimum absolute atomic E-state index is 0.365. The van der Waals surface area contributed by atoms with Crippen LogP contribution in [0.1, 0.15) is 41.6 Å². The average Bonchev–Trinajstić information content (AvgIpc) is 2.48. The molecule has 112 valence electrons. The Balaban J connectivity index is 2.20. The molecule has 1 N–H and O–H groups in total. The van der Waals surface area contributed by atoms with E-state index < -0.39 is 0 Å². The van der Waals surface area contributed by atoms with Crippen molar-refractivity contribution in [3.63, 3.8) is 0 Å². The van der Waals surface area contributed by atoms with E-state index in [2.05, 4.69) is 84.5 Å². The first-order chi connectivity index (χ1) is 10.1. The first-order valence-corrected chi connectivity index (χ1v) is 8.44. The van der Waals surface area contributed by atoms with Gasteiger partial charge in [-0.25, -0.2) is 0 Å². The molecule has 2 aromatic rings. The Morgan fingerprint density at radius 2 is 1.76 bits per heavy atom. The molecule has 0 aliphatic carbocycles. The van der Waals surface area contributed by atoms with E-state index in [1.54, 1.807) is 0 Å². The van der Waals surface area contributed by atoms with Crippen LogP contribution >= 0.6 is 15.9 Å². The second-order valence-corrected chi connectivity index (χ2v) is 6.56. The van der Waals surface area contributed by atoms with Crippen molar-refractivity contribution >= 4 is 15.9 Å². The van der Waals surface area contributed by atoms with Crippen LogP contribution in [0.5, 0.6) is 0 Å². The Morgan fingerprint density at radius 1 is 1.05 bits per heavy atom. The standard InChI is InChI=1S/C19H24BrN/c1-4-11-21-19(12-16-8-5-14(2)6-9-16)17-10-7-15(3)18(20)13-17/h5-10,13,19,21H,4,11-12H2,1-3H3. The lowest BCUT2D eigenvalue weighted by molar-refractivity contribution is 0.529. The molecule has 2 rings (SSSR count). The van der Waals surface area contributed by atoms with Crippen LogP contribution in [0.4, 0.5) is 0 Å². The quantitative estimate of drug-likeness (QED) is 0.743. The molecule has 0 aromatic heterocycles. The molecule has 1 unspecified atom stereocenters. The molecule has 21 heavy (non-hydrogen) atoms. The molecule has 1 atom stereocenters. The van der Waals surface area contributed by atoms with Gasteiger partial charge in [-0.15, -0.1) is 0 Å². The van der Waals surface area contributed by atoms with Crippen molar-refractivity contribution in [3.8, 4) is 0 Å². The summed E-state index contributed by atoms with van der Waals surface area (Å²) in [6, 6.07) is 15.9. The number of benzene rings is 2. The third-order valence-electron chi connectivity index (χ3n) is 3.80. The van der Waals surface area contributed by atoms with E-state index in [0.717, 1.165) is 19.4 Å². The summed E-state index contributed by atoms with van der Waals surface area (Å²) in [5.41, 5.74) is 5.32. The smallest absolute Gasteiger partial charge is 0.0361 e. The monoisotopic (exact) mass is 345 g/mol. The fourth-order valence-electron chi connectivity index (χ4n) is 2.41. The van der Waals surface area contributed by atoms with Gasteiger partial charge in [-0.05, 0) is 56.0 Å². The molecule has 0 fully saturated rings. The van der Waals surface area contributed by atoms with Crippen LogP contribution in [0.25, 0.3) is 0 Å². The van der Waals surface area contributed by atoms with Crippen LogP contribution in [-0.4, -0.2) is 6.54 Å². The first-order valence-electron chi connectivity index (χ1n) is 7.65. The van der Waals surface area contributed by atoms with Crippen molar-refractivity contribution in [2.24, 2.45) is 0 Å². The fraction of sp³-hybridized carbons (Fsp3) is 0.368. The highest BCUT2D eigenvalue weighted by atomic mass is 79.9. The van der Waals surface area contributed by atoms with Gasteiger partial charge in [0.25, 0.3) is 0 Å². The third-order valence-corrected chi connectivity index (χ3v) is 4.65. The molecule has 0 saturated carbocycles. The SMILES string of the molecule is CCCNC(Cc1ccc(C)cc1)c1ccc(C)c(Br)c1. The largest absolute Gasteiger partial charge is 0.310 e. The molecule has 0 saturated heterocycles. The Hall–Kier alpha value is -1.12. The van der Waals surface area contributed by atoms with Gasteiger partial charge in [0.15, 0.2) is 0 Å². The molecule has 0 aliphatic rings. The number of hydrogen-bond acceptors (Lipinski definition) is 1. The minimum Gasteiger partial charge on any atom is -0.310 e. The van der Waals surface area contributed by atoms with Gasteiger partial charge in [-0.1, -0.05) is 64.8 Å². The van der Waals surface area contributed by atoms with E-state index in [0.29, 0.717) is 6.04 Å². The predicted molar refractivity (Wildman–Crippen MR) is 94.8 cm³/mol. The Morgan fingerprint density at radius 3 is 2.38 bits per heavy atom. The van der Waals surface area contributed by atoms with Crippen molar-refractivity contribution < 1.29 is 0 Å². The summed E-state index contributed by atoms with van der Waals surface area (Å²) in [5, 5.41) is 3.67. The van der Waals surface area contributed by atoms with Crippen molar-refractivity contribution in [2.45, 2.75) is 39.7 Å². The van der Waals surface area contributed by atoms with Crippen LogP contribution in [0.15, 0.2) is 46.9 Å². The molecular weight excluding hydrogens is 322 g/mol. The molecule has 1 nitrogen and oxygen atoms in total. The molecule has 2 aromatic carbocycles. The van der Waals surface area contributed by atoms with Gasteiger partial charge >= 0.3 is 0 Å². The number of nitrogens with one attached hydrogen (secondary N) is 1. The maximum Gasteiger partial charge on any atom is 0.0361 e.